The molecule has 4 nitrogen and oxygen atoms in total. The first-order chi connectivity index (χ1) is 9.60. The number of likely N-dealkylation sites (tertiary alicyclic amines) is 1. The van der Waals surface area contributed by atoms with Crippen LogP contribution in [0.4, 0.5) is 10.5 Å². The number of para-hydroxylation sites is 1. The van der Waals surface area contributed by atoms with Crippen molar-refractivity contribution in [2.75, 3.05) is 39.0 Å². The van der Waals surface area contributed by atoms with E-state index in [0.717, 1.165) is 38.9 Å². The lowest BCUT2D eigenvalue weighted by molar-refractivity contribution is 0.109. The maximum absolute atomic E-state index is 12.0. The summed E-state index contributed by atoms with van der Waals surface area (Å²) in [6.45, 7) is 2.79. The van der Waals surface area contributed by atoms with E-state index < -0.39 is 0 Å². The molecule has 108 valence electrons. The second kappa shape index (κ2) is 5.00. The normalized spacial score (nSPS) is 20.2. The van der Waals surface area contributed by atoms with Crippen molar-refractivity contribution in [2.45, 2.75) is 19.3 Å². The highest BCUT2D eigenvalue weighted by atomic mass is 16.2. The first-order valence-electron chi connectivity index (χ1n) is 7.38. The molecule has 4 heteroatoms. The Morgan fingerprint density at radius 3 is 2.65 bits per heavy atom. The van der Waals surface area contributed by atoms with Gasteiger partial charge in [-0.1, -0.05) is 18.2 Å². The largest absolute Gasteiger partial charge is 0.384 e. The summed E-state index contributed by atoms with van der Waals surface area (Å²) < 4.78 is 0. The summed E-state index contributed by atoms with van der Waals surface area (Å²) in [5.74, 6) is 0. The molecule has 3 rings (SSSR count). The quantitative estimate of drug-likeness (QED) is 0.788. The maximum atomic E-state index is 12.0. The molecule has 0 unspecified atom stereocenters. The predicted octanol–water partition coefficient (Wildman–Crippen LogP) is 2.42. The third-order valence-corrected chi connectivity index (χ3v) is 4.71. The number of carbonyl (C=O) groups excluding carboxylic acids is 1. The molecule has 0 bridgehead atoms. The number of benzene rings is 1. The van der Waals surface area contributed by atoms with Crippen molar-refractivity contribution >= 4 is 11.7 Å². The van der Waals surface area contributed by atoms with E-state index in [4.69, 9.17) is 0 Å². The fraction of sp³-hybridized carbons (Fsp3) is 0.562. The van der Waals surface area contributed by atoms with E-state index in [1.54, 1.807) is 4.90 Å². The first-order valence-corrected chi connectivity index (χ1v) is 7.38. The zero-order valence-electron chi connectivity index (χ0n) is 12.4. The van der Waals surface area contributed by atoms with Crippen molar-refractivity contribution in [3.8, 4) is 0 Å². The molecular formula is C16H23N3O. The highest BCUT2D eigenvalue weighted by Crippen LogP contribution is 2.40. The van der Waals surface area contributed by atoms with E-state index in [1.807, 2.05) is 19.0 Å². The highest BCUT2D eigenvalue weighted by Gasteiger charge is 2.38. The Bertz CT molecular complexity index is 504. The minimum absolute atomic E-state index is 0.143. The molecule has 0 radical (unpaired) electrons. The lowest BCUT2D eigenvalue weighted by Gasteiger charge is -2.45. The third kappa shape index (κ3) is 2.35. The van der Waals surface area contributed by atoms with E-state index in [-0.39, 0.29) is 6.03 Å². The molecule has 2 heterocycles. The van der Waals surface area contributed by atoms with Gasteiger partial charge in [-0.25, -0.2) is 4.79 Å². The molecule has 0 aliphatic carbocycles. The second-order valence-corrected chi connectivity index (χ2v) is 6.35. The van der Waals surface area contributed by atoms with Crippen molar-refractivity contribution in [2.24, 2.45) is 5.41 Å². The first kappa shape index (κ1) is 13.3. The van der Waals surface area contributed by atoms with Crippen LogP contribution >= 0.6 is 0 Å². The van der Waals surface area contributed by atoms with Crippen LogP contribution < -0.4 is 5.32 Å². The Kier molecular flexibility index (Phi) is 3.32. The van der Waals surface area contributed by atoms with Crippen molar-refractivity contribution in [1.82, 2.24) is 9.80 Å². The van der Waals surface area contributed by atoms with E-state index in [2.05, 4.69) is 29.6 Å². The molecule has 2 aliphatic rings. The summed E-state index contributed by atoms with van der Waals surface area (Å²) in [5.41, 5.74) is 3.04. The van der Waals surface area contributed by atoms with Gasteiger partial charge in [0.2, 0.25) is 0 Å². The van der Waals surface area contributed by atoms with Gasteiger partial charge < -0.3 is 15.1 Å². The Morgan fingerprint density at radius 1 is 1.25 bits per heavy atom. The number of carbonyl (C=O) groups is 1. The minimum Gasteiger partial charge on any atom is -0.384 e. The summed E-state index contributed by atoms with van der Waals surface area (Å²) in [5, 5.41) is 3.58. The number of hydrogen-bond donors (Lipinski definition) is 1. The van der Waals surface area contributed by atoms with E-state index in [1.165, 1.54) is 11.3 Å². The number of urea groups is 1. The van der Waals surface area contributed by atoms with Crippen molar-refractivity contribution in [1.29, 1.82) is 0 Å². The Labute approximate surface area is 120 Å². The summed E-state index contributed by atoms with van der Waals surface area (Å²) in [4.78, 5) is 15.7. The second-order valence-electron chi connectivity index (χ2n) is 6.35. The predicted molar refractivity (Wildman–Crippen MR) is 81.0 cm³/mol. The standard InChI is InChI=1S/C16H23N3O/c1-18(2)15(20)19-9-7-16(8-10-19)11-13-5-3-4-6-14(13)17-12-16/h3-6,17H,7-12H2,1-2H3. The zero-order valence-corrected chi connectivity index (χ0v) is 12.4. The number of rotatable bonds is 0. The smallest absolute Gasteiger partial charge is 0.319 e. The lowest BCUT2D eigenvalue weighted by Crippen LogP contribution is -2.50. The molecule has 1 saturated heterocycles. The van der Waals surface area contributed by atoms with Crippen molar-refractivity contribution in [3.05, 3.63) is 29.8 Å². The van der Waals surface area contributed by atoms with E-state index in [9.17, 15) is 4.79 Å². The van der Waals surface area contributed by atoms with Crippen LogP contribution in [-0.2, 0) is 6.42 Å². The van der Waals surface area contributed by atoms with Gasteiger partial charge in [0.1, 0.15) is 0 Å². The summed E-state index contributed by atoms with van der Waals surface area (Å²) in [7, 11) is 3.65. The molecule has 0 aromatic heterocycles. The van der Waals surface area contributed by atoms with Gasteiger partial charge in [-0.3, -0.25) is 0 Å². The molecule has 20 heavy (non-hydrogen) atoms. The molecule has 2 amide bonds. The zero-order chi connectivity index (χ0) is 14.2. The lowest BCUT2D eigenvalue weighted by atomic mass is 9.71. The Balaban J connectivity index is 1.68. The fourth-order valence-electron chi connectivity index (χ4n) is 3.40. The van der Waals surface area contributed by atoms with Crippen LogP contribution in [0.5, 0.6) is 0 Å². The molecule has 1 aromatic carbocycles. The summed E-state index contributed by atoms with van der Waals surface area (Å²) in [6.07, 6.45) is 3.32. The van der Waals surface area contributed by atoms with Gasteiger partial charge in [-0.05, 0) is 36.3 Å². The number of hydrogen-bond acceptors (Lipinski definition) is 2. The topological polar surface area (TPSA) is 35.6 Å². The molecule has 0 atom stereocenters. The van der Waals surface area contributed by atoms with Crippen LogP contribution in [0.25, 0.3) is 0 Å². The number of piperidine rings is 1. The molecule has 2 aliphatic heterocycles. The van der Waals surface area contributed by atoms with Crippen LogP contribution in [0.2, 0.25) is 0 Å². The molecular weight excluding hydrogens is 250 g/mol. The van der Waals surface area contributed by atoms with Gasteiger partial charge in [-0.15, -0.1) is 0 Å². The molecule has 1 aromatic rings. The van der Waals surface area contributed by atoms with Gasteiger partial charge in [0.05, 0.1) is 0 Å². The number of nitrogens with zero attached hydrogens (tertiary/aromatic N) is 2. The van der Waals surface area contributed by atoms with Gasteiger partial charge in [0, 0.05) is 39.4 Å². The molecule has 1 N–H and O–H groups in total. The van der Waals surface area contributed by atoms with E-state index in [0.29, 0.717) is 5.41 Å². The van der Waals surface area contributed by atoms with Crippen molar-refractivity contribution in [3.63, 3.8) is 0 Å². The van der Waals surface area contributed by atoms with Crippen LogP contribution in [0.1, 0.15) is 18.4 Å². The van der Waals surface area contributed by atoms with Crippen LogP contribution in [0.3, 0.4) is 0 Å². The van der Waals surface area contributed by atoms with Gasteiger partial charge in [0.25, 0.3) is 0 Å². The molecule has 1 spiro atoms. The maximum Gasteiger partial charge on any atom is 0.319 e. The minimum atomic E-state index is 0.143. The van der Waals surface area contributed by atoms with E-state index >= 15 is 0 Å². The van der Waals surface area contributed by atoms with Gasteiger partial charge in [-0.2, -0.15) is 0 Å². The van der Waals surface area contributed by atoms with Crippen LogP contribution in [-0.4, -0.2) is 49.6 Å². The number of fused-ring (bicyclic) bond motifs is 1. The van der Waals surface area contributed by atoms with Crippen LogP contribution in [0.15, 0.2) is 24.3 Å². The fourth-order valence-corrected chi connectivity index (χ4v) is 3.40. The summed E-state index contributed by atoms with van der Waals surface area (Å²) in [6, 6.07) is 8.73. The van der Waals surface area contributed by atoms with Gasteiger partial charge >= 0.3 is 6.03 Å². The molecule has 1 fully saturated rings. The molecule has 0 saturated carbocycles. The van der Waals surface area contributed by atoms with Crippen LogP contribution in [0, 0.1) is 5.41 Å². The monoisotopic (exact) mass is 273 g/mol. The SMILES string of the molecule is CN(C)C(=O)N1CCC2(CC1)CNc1ccccc1C2. The summed E-state index contributed by atoms with van der Waals surface area (Å²) >= 11 is 0. The third-order valence-electron chi connectivity index (χ3n) is 4.71. The highest BCUT2D eigenvalue weighted by molar-refractivity contribution is 5.73. The average molecular weight is 273 g/mol. The number of anilines is 1. The number of amides is 2. The Hall–Kier alpha value is -1.71. The average Bonchev–Trinajstić information content (AvgIpc) is 2.47. The number of nitrogens with one attached hydrogen (secondary N) is 1. The Morgan fingerprint density at radius 2 is 1.95 bits per heavy atom. The van der Waals surface area contributed by atoms with Crippen molar-refractivity contribution < 1.29 is 4.79 Å². The van der Waals surface area contributed by atoms with Gasteiger partial charge in [0.15, 0.2) is 0 Å².